The molecule has 0 radical (unpaired) electrons. The van der Waals surface area contributed by atoms with Crippen LogP contribution in [0.4, 0.5) is 0 Å². The summed E-state index contributed by atoms with van der Waals surface area (Å²) in [5.41, 5.74) is 0.595. The molecule has 1 saturated carbocycles. The summed E-state index contributed by atoms with van der Waals surface area (Å²) in [6.45, 7) is 2.51. The second kappa shape index (κ2) is 5.07. The van der Waals surface area contributed by atoms with Crippen molar-refractivity contribution < 1.29 is 10.2 Å². The van der Waals surface area contributed by atoms with Crippen LogP contribution in [0.5, 0.6) is 0 Å². The molecular formula is C14H20N2O3. The maximum atomic E-state index is 11.0. The maximum absolute atomic E-state index is 11.0. The zero-order valence-electron chi connectivity index (χ0n) is 10.8. The molecule has 5 nitrogen and oxygen atoms in total. The monoisotopic (exact) mass is 264 g/mol. The van der Waals surface area contributed by atoms with Gasteiger partial charge in [-0.25, -0.2) is 0 Å². The number of rotatable bonds is 3. The Labute approximate surface area is 111 Å². The van der Waals surface area contributed by atoms with Gasteiger partial charge in [0, 0.05) is 31.9 Å². The van der Waals surface area contributed by atoms with E-state index in [1.807, 2.05) is 0 Å². The van der Waals surface area contributed by atoms with Crippen LogP contribution in [0.25, 0.3) is 0 Å². The molecule has 0 spiro atoms. The molecule has 2 unspecified atom stereocenters. The first-order chi connectivity index (χ1) is 9.11. The number of aliphatic hydroxyl groups excluding tert-OH is 2. The minimum atomic E-state index is -0.569. The van der Waals surface area contributed by atoms with Crippen LogP contribution < -0.4 is 5.56 Å². The molecule has 0 aromatic carbocycles. The molecule has 1 aliphatic carbocycles. The summed E-state index contributed by atoms with van der Waals surface area (Å²) < 4.78 is 0. The Kier molecular flexibility index (Phi) is 3.43. The second-order valence-electron chi connectivity index (χ2n) is 5.87. The zero-order valence-corrected chi connectivity index (χ0v) is 10.8. The number of H-pyrrole nitrogens is 1. The highest BCUT2D eigenvalue weighted by atomic mass is 16.3. The van der Waals surface area contributed by atoms with Crippen molar-refractivity contribution in [3.05, 3.63) is 34.2 Å². The molecule has 1 aliphatic heterocycles. The van der Waals surface area contributed by atoms with Crippen LogP contribution in [-0.4, -0.2) is 45.8 Å². The number of hydrogen-bond acceptors (Lipinski definition) is 4. The lowest BCUT2D eigenvalue weighted by Crippen LogP contribution is -2.28. The van der Waals surface area contributed by atoms with Gasteiger partial charge in [0.25, 0.3) is 0 Å². The van der Waals surface area contributed by atoms with Gasteiger partial charge in [-0.2, -0.15) is 0 Å². The van der Waals surface area contributed by atoms with Crippen molar-refractivity contribution >= 4 is 0 Å². The fraction of sp³-hybridized carbons (Fsp3) is 0.643. The molecule has 4 atom stereocenters. The first-order valence-electron chi connectivity index (χ1n) is 6.89. The number of pyridine rings is 1. The molecule has 2 fully saturated rings. The third-order valence-corrected chi connectivity index (χ3v) is 4.43. The third-order valence-electron chi connectivity index (χ3n) is 4.43. The number of nitrogens with one attached hydrogen (secondary N) is 1. The molecule has 5 heteroatoms. The Morgan fingerprint density at radius 2 is 2.00 bits per heavy atom. The summed E-state index contributed by atoms with van der Waals surface area (Å²) in [6, 6.07) is 3.11. The largest absolute Gasteiger partial charge is 0.393 e. The van der Waals surface area contributed by atoms with E-state index in [1.54, 1.807) is 12.3 Å². The minimum absolute atomic E-state index is 0.124. The van der Waals surface area contributed by atoms with Crippen LogP contribution in [0.3, 0.4) is 0 Å². The van der Waals surface area contributed by atoms with Crippen LogP contribution >= 0.6 is 0 Å². The van der Waals surface area contributed by atoms with Gasteiger partial charge in [-0.3, -0.25) is 9.69 Å². The molecule has 1 saturated heterocycles. The highest BCUT2D eigenvalue weighted by Crippen LogP contribution is 2.38. The first-order valence-corrected chi connectivity index (χ1v) is 6.89. The Morgan fingerprint density at radius 1 is 1.32 bits per heavy atom. The lowest BCUT2D eigenvalue weighted by Gasteiger charge is -2.21. The molecule has 1 aromatic heterocycles. The van der Waals surface area contributed by atoms with Gasteiger partial charge in [0.2, 0.25) is 5.56 Å². The number of β-amino-alcohol motifs (C(OH)–C–C–N with tert-alkyl or cyclic N) is 1. The van der Waals surface area contributed by atoms with E-state index in [2.05, 4.69) is 9.88 Å². The van der Waals surface area contributed by atoms with E-state index in [0.717, 1.165) is 31.5 Å². The van der Waals surface area contributed by atoms with Crippen LogP contribution in [0.15, 0.2) is 23.1 Å². The number of aliphatic hydroxyl groups is 2. The predicted octanol–water partition coefficient (Wildman–Crippen LogP) is 0.111. The Hall–Kier alpha value is -1.17. The third kappa shape index (κ3) is 2.73. The van der Waals surface area contributed by atoms with E-state index >= 15 is 0 Å². The van der Waals surface area contributed by atoms with Crippen molar-refractivity contribution in [2.45, 2.75) is 25.0 Å². The summed E-state index contributed by atoms with van der Waals surface area (Å²) >= 11 is 0. The van der Waals surface area contributed by atoms with E-state index in [0.29, 0.717) is 18.4 Å². The minimum Gasteiger partial charge on any atom is -0.393 e. The second-order valence-corrected chi connectivity index (χ2v) is 5.87. The number of nitrogens with zero attached hydrogens (tertiary/aromatic N) is 1. The van der Waals surface area contributed by atoms with Crippen molar-refractivity contribution in [3.8, 4) is 0 Å². The molecule has 0 amide bonds. The highest BCUT2D eigenvalue weighted by molar-refractivity contribution is 5.12. The topological polar surface area (TPSA) is 76.6 Å². The Bertz CT molecular complexity index is 467. The predicted molar refractivity (Wildman–Crippen MR) is 70.7 cm³/mol. The molecule has 0 bridgehead atoms. The van der Waals surface area contributed by atoms with Gasteiger partial charge in [-0.1, -0.05) is 0 Å². The number of fused-ring (bicyclic) bond motifs is 1. The number of aromatic amines is 1. The standard InChI is InChI=1S/C14H20N2O3/c17-12-3-10-6-16(7-11(10)4-12)8-13(18)9-1-2-14(19)15-5-9/h1-2,5,10-13,17-18H,3-4,6-8H2,(H,15,19)/t10-,11+,12?,13?. The van der Waals surface area contributed by atoms with Crippen molar-refractivity contribution in [2.24, 2.45) is 11.8 Å². The van der Waals surface area contributed by atoms with Gasteiger partial charge in [-0.15, -0.1) is 0 Å². The summed E-state index contributed by atoms with van der Waals surface area (Å²) in [5, 5.41) is 19.8. The fourth-order valence-electron chi connectivity index (χ4n) is 3.49. The van der Waals surface area contributed by atoms with Crippen LogP contribution in [-0.2, 0) is 0 Å². The van der Waals surface area contributed by atoms with E-state index in [9.17, 15) is 15.0 Å². The van der Waals surface area contributed by atoms with E-state index in [1.165, 1.54) is 6.07 Å². The average molecular weight is 264 g/mol. The van der Waals surface area contributed by atoms with E-state index in [4.69, 9.17) is 0 Å². The van der Waals surface area contributed by atoms with Crippen molar-refractivity contribution in [3.63, 3.8) is 0 Å². The van der Waals surface area contributed by atoms with Crippen molar-refractivity contribution in [1.82, 2.24) is 9.88 Å². The smallest absolute Gasteiger partial charge is 0.247 e. The van der Waals surface area contributed by atoms with Crippen LogP contribution in [0, 0.1) is 11.8 Å². The molecule has 3 rings (SSSR count). The molecule has 3 N–H and O–H groups in total. The summed E-state index contributed by atoms with van der Waals surface area (Å²) in [5.74, 6) is 1.16. The average Bonchev–Trinajstić information content (AvgIpc) is 2.86. The van der Waals surface area contributed by atoms with Gasteiger partial charge < -0.3 is 15.2 Å². The first kappa shape index (κ1) is 12.8. The van der Waals surface area contributed by atoms with Crippen LogP contribution in [0.2, 0.25) is 0 Å². The lowest BCUT2D eigenvalue weighted by atomic mass is 10.0. The Morgan fingerprint density at radius 3 is 2.58 bits per heavy atom. The number of hydrogen-bond donors (Lipinski definition) is 3. The normalized spacial score (nSPS) is 32.4. The molecule has 19 heavy (non-hydrogen) atoms. The fourth-order valence-corrected chi connectivity index (χ4v) is 3.49. The van der Waals surface area contributed by atoms with E-state index < -0.39 is 6.10 Å². The Balaban J connectivity index is 1.58. The SMILES string of the molecule is O=c1ccc(C(O)CN2C[C@H]3CC(O)C[C@H]3C2)c[nH]1. The maximum Gasteiger partial charge on any atom is 0.247 e. The zero-order chi connectivity index (χ0) is 13.4. The number of likely N-dealkylation sites (tertiary alicyclic amines) is 1. The summed E-state index contributed by atoms with van der Waals surface area (Å²) in [4.78, 5) is 15.8. The molecule has 2 heterocycles. The van der Waals surface area contributed by atoms with Gasteiger partial charge >= 0.3 is 0 Å². The molecular weight excluding hydrogens is 244 g/mol. The van der Waals surface area contributed by atoms with E-state index in [-0.39, 0.29) is 11.7 Å². The van der Waals surface area contributed by atoms with Crippen LogP contribution in [0.1, 0.15) is 24.5 Å². The van der Waals surface area contributed by atoms with Gasteiger partial charge in [-0.05, 0) is 36.3 Å². The number of aromatic nitrogens is 1. The van der Waals surface area contributed by atoms with Crippen molar-refractivity contribution in [2.75, 3.05) is 19.6 Å². The summed E-state index contributed by atoms with van der Waals surface area (Å²) in [6.07, 6.45) is 2.68. The summed E-state index contributed by atoms with van der Waals surface area (Å²) in [7, 11) is 0. The van der Waals surface area contributed by atoms with Gasteiger partial charge in [0.05, 0.1) is 12.2 Å². The molecule has 1 aromatic rings. The molecule has 104 valence electrons. The quantitative estimate of drug-likeness (QED) is 0.724. The molecule has 2 aliphatic rings. The lowest BCUT2D eigenvalue weighted by molar-refractivity contribution is 0.113. The van der Waals surface area contributed by atoms with Gasteiger partial charge in [0.1, 0.15) is 0 Å². The highest BCUT2D eigenvalue weighted by Gasteiger charge is 2.40. The van der Waals surface area contributed by atoms with Crippen molar-refractivity contribution in [1.29, 1.82) is 0 Å². The van der Waals surface area contributed by atoms with Gasteiger partial charge in [0.15, 0.2) is 0 Å².